The van der Waals surface area contributed by atoms with Crippen molar-refractivity contribution in [3.8, 4) is 5.75 Å². The molecule has 152 valence electrons. The van der Waals surface area contributed by atoms with Crippen LogP contribution in [0.1, 0.15) is 16.9 Å². The molecule has 0 unspecified atom stereocenters. The van der Waals surface area contributed by atoms with Crippen LogP contribution in [0.25, 0.3) is 0 Å². The molecule has 0 aliphatic rings. The molecule has 1 aromatic carbocycles. The van der Waals surface area contributed by atoms with Gasteiger partial charge in [0.15, 0.2) is 6.73 Å². The van der Waals surface area contributed by atoms with Gasteiger partial charge < -0.3 is 10.1 Å². The Hall–Kier alpha value is -3.47. The summed E-state index contributed by atoms with van der Waals surface area (Å²) in [4.78, 5) is 22.4. The van der Waals surface area contributed by atoms with Crippen molar-refractivity contribution >= 4 is 23.2 Å². The quantitative estimate of drug-likeness (QED) is 0.322. The molecule has 2 heterocycles. The van der Waals surface area contributed by atoms with Gasteiger partial charge in [0, 0.05) is 37.6 Å². The topological polar surface area (TPSA) is 117 Å². The third kappa shape index (κ3) is 5.51. The molecule has 0 spiro atoms. The molecular formula is C17H16ClFN6O4. The molecule has 0 bridgehead atoms. The Morgan fingerprint density at radius 2 is 2.17 bits per heavy atom. The van der Waals surface area contributed by atoms with E-state index in [2.05, 4.69) is 15.5 Å². The number of hydrogen-bond donors (Lipinski definition) is 1. The van der Waals surface area contributed by atoms with Gasteiger partial charge in [0.25, 0.3) is 5.91 Å². The normalized spacial score (nSPS) is 10.7. The summed E-state index contributed by atoms with van der Waals surface area (Å²) in [6.45, 7) is 0.786. The third-order valence-electron chi connectivity index (χ3n) is 3.80. The van der Waals surface area contributed by atoms with E-state index in [9.17, 15) is 19.3 Å². The maximum absolute atomic E-state index is 13.3. The van der Waals surface area contributed by atoms with Gasteiger partial charge in [0.2, 0.25) is 5.75 Å². The number of nitrogens with one attached hydrogen (secondary N) is 1. The summed E-state index contributed by atoms with van der Waals surface area (Å²) < 4.78 is 21.5. The molecule has 0 saturated carbocycles. The highest BCUT2D eigenvalue weighted by molar-refractivity contribution is 6.30. The van der Waals surface area contributed by atoms with Crippen LogP contribution in [0.5, 0.6) is 5.75 Å². The number of aromatic nitrogens is 4. The van der Waals surface area contributed by atoms with Crippen LogP contribution in [0, 0.1) is 15.9 Å². The summed E-state index contributed by atoms with van der Waals surface area (Å²) in [5.74, 6) is -1.27. The molecule has 3 aromatic rings. The number of aryl methyl sites for hydroxylation is 1. The smallest absolute Gasteiger partial charge is 0.311 e. The fourth-order valence-corrected chi connectivity index (χ4v) is 2.60. The first kappa shape index (κ1) is 20.3. The van der Waals surface area contributed by atoms with Crippen molar-refractivity contribution in [1.29, 1.82) is 0 Å². The highest BCUT2D eigenvalue weighted by Crippen LogP contribution is 2.27. The van der Waals surface area contributed by atoms with E-state index in [1.165, 1.54) is 23.1 Å². The number of benzene rings is 1. The summed E-state index contributed by atoms with van der Waals surface area (Å²) in [6.07, 6.45) is 5.35. The molecule has 2 aromatic heterocycles. The number of carbonyl (C=O) groups is 1. The van der Waals surface area contributed by atoms with Crippen molar-refractivity contribution in [3.63, 3.8) is 0 Å². The molecule has 10 nitrogen and oxygen atoms in total. The molecule has 0 saturated heterocycles. The maximum Gasteiger partial charge on any atom is 0.311 e. The van der Waals surface area contributed by atoms with E-state index >= 15 is 0 Å². The lowest BCUT2D eigenvalue weighted by molar-refractivity contribution is -0.386. The predicted octanol–water partition coefficient (Wildman–Crippen LogP) is 2.64. The molecule has 0 aliphatic heterocycles. The van der Waals surface area contributed by atoms with Crippen LogP contribution in [0.3, 0.4) is 0 Å². The maximum atomic E-state index is 13.3. The van der Waals surface area contributed by atoms with Crippen molar-refractivity contribution in [2.45, 2.75) is 19.7 Å². The molecule has 0 atom stereocenters. The van der Waals surface area contributed by atoms with E-state index in [-0.39, 0.29) is 29.8 Å². The second kappa shape index (κ2) is 9.15. The van der Waals surface area contributed by atoms with Gasteiger partial charge in [-0.05, 0) is 18.6 Å². The third-order valence-corrected chi connectivity index (χ3v) is 3.99. The van der Waals surface area contributed by atoms with Crippen molar-refractivity contribution in [1.82, 2.24) is 24.9 Å². The number of rotatable bonds is 9. The first-order chi connectivity index (χ1) is 13.9. The summed E-state index contributed by atoms with van der Waals surface area (Å²) >= 11 is 5.78. The number of ether oxygens (including phenoxy) is 1. The number of halogens is 2. The van der Waals surface area contributed by atoms with Crippen LogP contribution >= 0.6 is 11.6 Å². The minimum Gasteiger partial charge on any atom is -0.464 e. The van der Waals surface area contributed by atoms with Gasteiger partial charge >= 0.3 is 5.69 Å². The second-order valence-electron chi connectivity index (χ2n) is 5.91. The summed E-state index contributed by atoms with van der Waals surface area (Å²) in [5, 5.41) is 22.3. The minimum absolute atomic E-state index is 0.157. The Kier molecular flexibility index (Phi) is 6.39. The number of amides is 1. The zero-order valence-electron chi connectivity index (χ0n) is 15.0. The molecule has 0 radical (unpaired) electrons. The Bertz CT molecular complexity index is 1020. The lowest BCUT2D eigenvalue weighted by Crippen LogP contribution is -2.26. The lowest BCUT2D eigenvalue weighted by atomic mass is 10.3. The van der Waals surface area contributed by atoms with Crippen LogP contribution in [-0.4, -0.2) is 36.9 Å². The summed E-state index contributed by atoms with van der Waals surface area (Å²) in [5.41, 5.74) is -0.209. The fraction of sp³-hybridized carbons (Fsp3) is 0.235. The monoisotopic (exact) mass is 422 g/mol. The van der Waals surface area contributed by atoms with E-state index < -0.39 is 10.7 Å². The number of nitro benzene ring substituents is 1. The highest BCUT2D eigenvalue weighted by atomic mass is 35.5. The van der Waals surface area contributed by atoms with E-state index in [1.807, 2.05) is 0 Å². The van der Waals surface area contributed by atoms with Gasteiger partial charge in [-0.3, -0.25) is 19.6 Å². The second-order valence-corrected chi connectivity index (χ2v) is 6.35. The first-order valence-electron chi connectivity index (χ1n) is 8.49. The number of nitro groups is 1. The van der Waals surface area contributed by atoms with Crippen LogP contribution in [0.15, 0.2) is 42.9 Å². The molecule has 29 heavy (non-hydrogen) atoms. The van der Waals surface area contributed by atoms with Crippen molar-refractivity contribution in [2.75, 3.05) is 6.54 Å². The number of hydrogen-bond acceptors (Lipinski definition) is 6. The lowest BCUT2D eigenvalue weighted by Gasteiger charge is -2.07. The number of carbonyl (C=O) groups excluding carboxylic acids is 1. The van der Waals surface area contributed by atoms with E-state index in [0.717, 1.165) is 18.2 Å². The fourth-order valence-electron chi connectivity index (χ4n) is 2.44. The summed E-state index contributed by atoms with van der Waals surface area (Å²) in [7, 11) is 0. The summed E-state index contributed by atoms with van der Waals surface area (Å²) in [6, 6.07) is 4.39. The minimum atomic E-state index is -0.673. The SMILES string of the molecule is O=C(NCCCn1cc(Cl)cn1)c1ccn(COc2cc(F)ccc2[N+](=O)[O-])n1. The van der Waals surface area contributed by atoms with Crippen LogP contribution in [0.4, 0.5) is 10.1 Å². The standard InChI is InChI=1S/C17H16ClFN6O4/c18-12-9-21-23(10-12)6-1-5-20-17(26)14-4-7-24(22-14)11-29-16-8-13(19)2-3-15(16)25(27)28/h2-4,7-10H,1,5-6,11H2,(H,20,26). The van der Waals surface area contributed by atoms with Gasteiger partial charge in [-0.15, -0.1) is 0 Å². The van der Waals surface area contributed by atoms with E-state index in [4.69, 9.17) is 16.3 Å². The van der Waals surface area contributed by atoms with E-state index in [1.54, 1.807) is 10.9 Å². The average Bonchev–Trinajstić information content (AvgIpc) is 3.32. The number of nitrogens with zero attached hydrogens (tertiary/aromatic N) is 5. The van der Waals surface area contributed by atoms with E-state index in [0.29, 0.717) is 24.5 Å². The van der Waals surface area contributed by atoms with Gasteiger partial charge in [-0.25, -0.2) is 9.07 Å². The van der Waals surface area contributed by atoms with Crippen molar-refractivity contribution < 1.29 is 18.8 Å². The average molecular weight is 423 g/mol. The Morgan fingerprint density at radius 1 is 1.34 bits per heavy atom. The van der Waals surface area contributed by atoms with Gasteiger partial charge in [0.05, 0.1) is 16.1 Å². The van der Waals surface area contributed by atoms with Crippen molar-refractivity contribution in [3.05, 3.63) is 69.5 Å². The zero-order valence-corrected chi connectivity index (χ0v) is 15.8. The largest absolute Gasteiger partial charge is 0.464 e. The zero-order chi connectivity index (χ0) is 20.8. The Labute approximate surface area is 169 Å². The van der Waals surface area contributed by atoms with Gasteiger partial charge in [0.1, 0.15) is 11.5 Å². The van der Waals surface area contributed by atoms with Gasteiger partial charge in [-0.1, -0.05) is 11.6 Å². The molecule has 1 N–H and O–H groups in total. The van der Waals surface area contributed by atoms with Crippen LogP contribution in [0.2, 0.25) is 5.02 Å². The predicted molar refractivity (Wildman–Crippen MR) is 100 cm³/mol. The molecule has 3 rings (SSSR count). The van der Waals surface area contributed by atoms with Crippen molar-refractivity contribution in [2.24, 2.45) is 0 Å². The molecule has 0 aliphatic carbocycles. The van der Waals surface area contributed by atoms with Gasteiger partial charge in [-0.2, -0.15) is 10.2 Å². The molecular weight excluding hydrogens is 407 g/mol. The first-order valence-corrected chi connectivity index (χ1v) is 8.86. The highest BCUT2D eigenvalue weighted by Gasteiger charge is 2.16. The Balaban J connectivity index is 1.49. The molecule has 1 amide bonds. The van der Waals surface area contributed by atoms with Crippen LogP contribution in [-0.2, 0) is 13.3 Å². The van der Waals surface area contributed by atoms with Crippen LogP contribution < -0.4 is 10.1 Å². The molecule has 0 fully saturated rings. The molecule has 12 heteroatoms. The Morgan fingerprint density at radius 3 is 2.90 bits per heavy atom.